The lowest BCUT2D eigenvalue weighted by Gasteiger charge is -2.28. The van der Waals surface area contributed by atoms with Gasteiger partial charge >= 0.3 is 0 Å². The largest absolute Gasteiger partial charge is 0.241 e. The average Bonchev–Trinajstić information content (AvgIpc) is 3.23. The zero-order valence-electron chi connectivity index (χ0n) is 15.5. The van der Waals surface area contributed by atoms with Crippen molar-refractivity contribution in [1.82, 2.24) is 4.72 Å². The van der Waals surface area contributed by atoms with Crippen molar-refractivity contribution in [1.29, 1.82) is 0 Å². The smallest absolute Gasteiger partial charge is 0.210 e. The van der Waals surface area contributed by atoms with E-state index in [9.17, 15) is 8.42 Å². The molecule has 1 heterocycles. The molecule has 0 aliphatic heterocycles. The standard InChI is InChI=1S/C20H27NO2S2/c1-14-12-15(2)17(4)19(16(14)3)25(22,23)21-13-20(9-5-6-10-20)18-8-7-11-24-18/h7-8,11-12,21H,5-6,9-10,13H2,1-4H3. The molecule has 0 bridgehead atoms. The third-order valence-electron chi connectivity index (χ3n) is 5.77. The second kappa shape index (κ2) is 6.86. The predicted molar refractivity (Wildman–Crippen MR) is 105 cm³/mol. The molecule has 0 spiro atoms. The van der Waals surface area contributed by atoms with Crippen LogP contribution in [0.5, 0.6) is 0 Å². The summed E-state index contributed by atoms with van der Waals surface area (Å²) in [5.74, 6) is 0. The molecule has 1 N–H and O–H groups in total. The minimum Gasteiger partial charge on any atom is -0.210 e. The van der Waals surface area contributed by atoms with Crippen LogP contribution in [0.1, 0.15) is 52.8 Å². The molecule has 1 aliphatic carbocycles. The molecule has 1 aliphatic rings. The van der Waals surface area contributed by atoms with Crippen molar-refractivity contribution in [2.45, 2.75) is 63.7 Å². The summed E-state index contributed by atoms with van der Waals surface area (Å²) in [7, 11) is -3.53. The van der Waals surface area contributed by atoms with Crippen LogP contribution in [-0.2, 0) is 15.4 Å². The summed E-state index contributed by atoms with van der Waals surface area (Å²) in [6.07, 6.45) is 4.45. The number of hydrogen-bond acceptors (Lipinski definition) is 3. The van der Waals surface area contributed by atoms with E-state index in [1.54, 1.807) is 11.3 Å². The molecule has 0 radical (unpaired) electrons. The van der Waals surface area contributed by atoms with Crippen LogP contribution in [0.25, 0.3) is 0 Å². The van der Waals surface area contributed by atoms with Crippen LogP contribution in [0.2, 0.25) is 0 Å². The van der Waals surface area contributed by atoms with E-state index >= 15 is 0 Å². The number of sulfonamides is 1. The van der Waals surface area contributed by atoms with Gasteiger partial charge in [-0.15, -0.1) is 11.3 Å². The Labute approximate surface area is 155 Å². The first-order valence-corrected chi connectivity index (χ1v) is 11.2. The van der Waals surface area contributed by atoms with Gasteiger partial charge < -0.3 is 0 Å². The van der Waals surface area contributed by atoms with Gasteiger partial charge in [0.2, 0.25) is 10.0 Å². The van der Waals surface area contributed by atoms with Gasteiger partial charge in [0.05, 0.1) is 4.90 Å². The average molecular weight is 378 g/mol. The lowest BCUT2D eigenvalue weighted by molar-refractivity contribution is 0.440. The SMILES string of the molecule is Cc1cc(C)c(C)c(S(=O)(=O)NCC2(c3cccs3)CCCC2)c1C. The predicted octanol–water partition coefficient (Wildman–Crippen LogP) is 4.77. The molecule has 5 heteroatoms. The molecule has 0 atom stereocenters. The number of thiophene rings is 1. The summed E-state index contributed by atoms with van der Waals surface area (Å²) < 4.78 is 29.2. The second-order valence-corrected chi connectivity index (χ2v) is 10.0. The fourth-order valence-electron chi connectivity index (χ4n) is 4.03. The summed E-state index contributed by atoms with van der Waals surface area (Å²) in [4.78, 5) is 1.77. The summed E-state index contributed by atoms with van der Waals surface area (Å²) in [6.45, 7) is 8.25. The Morgan fingerprint density at radius 1 is 1.08 bits per heavy atom. The normalized spacial score (nSPS) is 17.1. The van der Waals surface area contributed by atoms with Crippen LogP contribution < -0.4 is 4.72 Å². The zero-order valence-corrected chi connectivity index (χ0v) is 17.1. The Hall–Kier alpha value is -1.17. The third kappa shape index (κ3) is 3.42. The first-order chi connectivity index (χ1) is 11.8. The van der Waals surface area contributed by atoms with Crippen molar-refractivity contribution in [2.24, 2.45) is 0 Å². The number of rotatable bonds is 5. The van der Waals surface area contributed by atoms with E-state index in [1.807, 2.05) is 27.7 Å². The van der Waals surface area contributed by atoms with Gasteiger partial charge in [-0.3, -0.25) is 0 Å². The van der Waals surface area contributed by atoms with Crippen molar-refractivity contribution in [2.75, 3.05) is 6.54 Å². The molecule has 1 aromatic heterocycles. The molecule has 0 unspecified atom stereocenters. The number of nitrogens with one attached hydrogen (secondary N) is 1. The van der Waals surface area contributed by atoms with Gasteiger partial charge in [0.1, 0.15) is 0 Å². The molecule has 0 amide bonds. The van der Waals surface area contributed by atoms with Crippen molar-refractivity contribution in [3.8, 4) is 0 Å². The highest BCUT2D eigenvalue weighted by Gasteiger charge is 2.38. The molecule has 1 saturated carbocycles. The summed E-state index contributed by atoms with van der Waals surface area (Å²) in [5, 5.41) is 2.09. The van der Waals surface area contributed by atoms with E-state index in [0.717, 1.165) is 35.1 Å². The van der Waals surface area contributed by atoms with Crippen LogP contribution in [0.4, 0.5) is 0 Å². The summed E-state index contributed by atoms with van der Waals surface area (Å²) in [6, 6.07) is 6.28. The maximum atomic E-state index is 13.1. The third-order valence-corrected chi connectivity index (χ3v) is 8.56. The van der Waals surface area contributed by atoms with Crippen molar-refractivity contribution < 1.29 is 8.42 Å². The topological polar surface area (TPSA) is 46.2 Å². The Kier molecular flexibility index (Phi) is 5.11. The van der Waals surface area contributed by atoms with Crippen LogP contribution >= 0.6 is 11.3 Å². The number of hydrogen-bond donors (Lipinski definition) is 1. The first-order valence-electron chi connectivity index (χ1n) is 8.88. The maximum absolute atomic E-state index is 13.1. The summed E-state index contributed by atoms with van der Waals surface area (Å²) >= 11 is 1.74. The van der Waals surface area contributed by atoms with Crippen molar-refractivity contribution in [3.05, 3.63) is 50.7 Å². The Morgan fingerprint density at radius 2 is 1.68 bits per heavy atom. The van der Waals surface area contributed by atoms with Crippen molar-refractivity contribution >= 4 is 21.4 Å². The lowest BCUT2D eigenvalue weighted by Crippen LogP contribution is -2.39. The van der Waals surface area contributed by atoms with Gasteiger partial charge in [-0.05, 0) is 74.2 Å². The fourth-order valence-corrected chi connectivity index (χ4v) is 6.76. The van der Waals surface area contributed by atoms with Crippen LogP contribution in [0.15, 0.2) is 28.5 Å². The number of benzene rings is 1. The molecule has 1 fully saturated rings. The lowest BCUT2D eigenvalue weighted by atomic mass is 9.85. The Morgan fingerprint density at radius 3 is 2.20 bits per heavy atom. The van der Waals surface area contributed by atoms with Gasteiger partial charge in [0.25, 0.3) is 0 Å². The van der Waals surface area contributed by atoms with E-state index < -0.39 is 10.0 Å². The summed E-state index contributed by atoms with van der Waals surface area (Å²) in [5.41, 5.74) is 3.72. The van der Waals surface area contributed by atoms with E-state index in [4.69, 9.17) is 0 Å². The van der Waals surface area contributed by atoms with Crippen molar-refractivity contribution in [3.63, 3.8) is 0 Å². The Balaban J connectivity index is 1.93. The molecule has 136 valence electrons. The minimum atomic E-state index is -3.53. The first kappa shape index (κ1) is 18.6. The fraction of sp³-hybridized carbons (Fsp3) is 0.500. The van der Waals surface area contributed by atoms with E-state index in [0.29, 0.717) is 11.4 Å². The van der Waals surface area contributed by atoms with Gasteiger partial charge in [0, 0.05) is 16.8 Å². The zero-order chi connectivity index (χ0) is 18.2. The number of aryl methyl sites for hydroxylation is 2. The van der Waals surface area contributed by atoms with Gasteiger partial charge in [-0.2, -0.15) is 0 Å². The molecule has 25 heavy (non-hydrogen) atoms. The van der Waals surface area contributed by atoms with E-state index in [2.05, 4.69) is 28.3 Å². The molecular weight excluding hydrogens is 350 g/mol. The molecule has 3 nitrogen and oxygen atoms in total. The van der Waals surface area contributed by atoms with Crippen LogP contribution in [-0.4, -0.2) is 15.0 Å². The highest BCUT2D eigenvalue weighted by Crippen LogP contribution is 2.43. The monoisotopic (exact) mass is 377 g/mol. The van der Waals surface area contributed by atoms with Crippen LogP contribution in [0, 0.1) is 27.7 Å². The quantitative estimate of drug-likeness (QED) is 0.815. The highest BCUT2D eigenvalue weighted by molar-refractivity contribution is 7.89. The van der Waals surface area contributed by atoms with Gasteiger partial charge in [-0.1, -0.05) is 25.0 Å². The molecular formula is C20H27NO2S2. The molecule has 0 saturated heterocycles. The minimum absolute atomic E-state index is 0.0398. The Bertz CT molecular complexity index is 835. The molecule has 1 aromatic carbocycles. The highest BCUT2D eigenvalue weighted by atomic mass is 32.2. The van der Waals surface area contributed by atoms with Gasteiger partial charge in [-0.25, -0.2) is 13.1 Å². The maximum Gasteiger partial charge on any atom is 0.241 e. The van der Waals surface area contributed by atoms with Gasteiger partial charge in [0.15, 0.2) is 0 Å². The second-order valence-electron chi connectivity index (χ2n) is 7.38. The molecule has 3 rings (SSSR count). The van der Waals surface area contributed by atoms with E-state index in [-0.39, 0.29) is 5.41 Å². The van der Waals surface area contributed by atoms with E-state index in [1.165, 1.54) is 17.7 Å². The molecule has 2 aromatic rings. The van der Waals surface area contributed by atoms with Crippen LogP contribution in [0.3, 0.4) is 0 Å².